The van der Waals surface area contributed by atoms with Gasteiger partial charge in [-0.05, 0) is 19.8 Å². The van der Waals surface area contributed by atoms with Crippen LogP contribution in [0.3, 0.4) is 0 Å². The molecule has 0 fully saturated rings. The lowest BCUT2D eigenvalue weighted by Gasteiger charge is -2.25. The second kappa shape index (κ2) is 11.5. The monoisotopic (exact) mass is 602 g/mol. The number of amides is 3. The van der Waals surface area contributed by atoms with Crippen molar-refractivity contribution in [2.24, 2.45) is 5.92 Å². The number of aromatic nitrogens is 5. The maximum absolute atomic E-state index is 13.3. The van der Waals surface area contributed by atoms with Gasteiger partial charge in [0.2, 0.25) is 41.3 Å². The summed E-state index contributed by atoms with van der Waals surface area (Å²) >= 11 is 0. The average Bonchev–Trinajstić information content (AvgIpc) is 3.85. The maximum atomic E-state index is 13.3. The molecule has 0 aromatic carbocycles. The number of rotatable bonds is 2. The minimum atomic E-state index is -0.985. The number of nitrogens with one attached hydrogen (secondary N) is 3. The number of fused-ring (bicyclic) bond motifs is 14. The van der Waals surface area contributed by atoms with E-state index in [4.69, 9.17) is 22.1 Å². The van der Waals surface area contributed by atoms with Crippen molar-refractivity contribution in [1.29, 1.82) is 0 Å². The number of nitrogens with zero attached hydrogens (tertiary/aromatic N) is 5. The van der Waals surface area contributed by atoms with Gasteiger partial charge in [-0.3, -0.25) is 14.4 Å². The van der Waals surface area contributed by atoms with Gasteiger partial charge in [-0.2, -0.15) is 0 Å². The van der Waals surface area contributed by atoms with Crippen molar-refractivity contribution in [3.63, 3.8) is 0 Å². The van der Waals surface area contributed by atoms with Gasteiger partial charge in [-0.15, -0.1) is 0 Å². The Bertz CT molecular complexity index is 1870. The van der Waals surface area contributed by atoms with E-state index in [0.29, 0.717) is 6.42 Å². The summed E-state index contributed by atoms with van der Waals surface area (Å²) in [5.74, 6) is -1.61. The van der Waals surface area contributed by atoms with Crippen LogP contribution in [0.15, 0.2) is 59.5 Å². The summed E-state index contributed by atoms with van der Waals surface area (Å²) in [7, 11) is 0. The maximum Gasteiger partial charge on any atom is 0.273 e. The lowest BCUT2D eigenvalue weighted by molar-refractivity contribution is -0.129. The predicted octanol–water partition coefficient (Wildman–Crippen LogP) is 3.43. The van der Waals surface area contributed by atoms with Gasteiger partial charge in [0.15, 0.2) is 28.5 Å². The lowest BCUT2D eigenvalue weighted by atomic mass is 9.98. The standard InChI is InChI=1S/C28H26N8O8/c1-5-12(3)20-23(39)29-13(4)21(37)30-14(6-2)24-32-17(8-41-24)26-34-19(10-43-26)28-35-18(11-44-28)27-33-16(9-42-27)25-31-15(7-40-25)22(38)36-20/h6-13,20H,5H2,1-4H3,(H,29,39)(H,30,37)(H,36,38)/b14-6+/t12-,13-,20+/m0/s1. The molecular weight excluding hydrogens is 576 g/mol. The molecule has 44 heavy (non-hydrogen) atoms. The third-order valence-electron chi connectivity index (χ3n) is 6.94. The van der Waals surface area contributed by atoms with E-state index >= 15 is 0 Å². The van der Waals surface area contributed by atoms with E-state index in [2.05, 4.69) is 40.9 Å². The summed E-state index contributed by atoms with van der Waals surface area (Å²) < 4.78 is 27.7. The van der Waals surface area contributed by atoms with Gasteiger partial charge in [0.05, 0.1) is 5.70 Å². The molecule has 0 radical (unpaired) electrons. The first kappa shape index (κ1) is 28.3. The Balaban J connectivity index is 1.37. The van der Waals surface area contributed by atoms with Crippen molar-refractivity contribution < 1.29 is 36.5 Å². The van der Waals surface area contributed by atoms with Gasteiger partial charge in [0.1, 0.15) is 43.4 Å². The quantitative estimate of drug-likeness (QED) is 0.264. The Morgan fingerprint density at radius 3 is 1.61 bits per heavy atom. The number of carbonyl (C=O) groups excluding carboxylic acids is 3. The summed E-state index contributed by atoms with van der Waals surface area (Å²) in [6.07, 6.45) is 8.55. The topological polar surface area (TPSA) is 217 Å². The van der Waals surface area contributed by atoms with Crippen LogP contribution in [-0.2, 0) is 9.59 Å². The van der Waals surface area contributed by atoms with Crippen LogP contribution in [0.25, 0.3) is 52.0 Å². The molecule has 3 N–H and O–H groups in total. The Hall–Kier alpha value is -5.80. The third-order valence-corrected chi connectivity index (χ3v) is 6.94. The zero-order chi connectivity index (χ0) is 31.0. The molecule has 0 unspecified atom stereocenters. The predicted molar refractivity (Wildman–Crippen MR) is 149 cm³/mol. The highest BCUT2D eigenvalue weighted by atomic mass is 16.4. The minimum Gasteiger partial charge on any atom is -0.443 e. The van der Waals surface area contributed by atoms with Gasteiger partial charge in [-0.1, -0.05) is 26.3 Å². The highest BCUT2D eigenvalue weighted by Crippen LogP contribution is 2.29. The highest BCUT2D eigenvalue weighted by molar-refractivity contribution is 5.98. The first-order valence-corrected chi connectivity index (χ1v) is 13.6. The third kappa shape index (κ3) is 5.39. The second-order valence-electron chi connectivity index (χ2n) is 9.95. The van der Waals surface area contributed by atoms with E-state index in [1.165, 1.54) is 32.0 Å². The van der Waals surface area contributed by atoms with Crippen LogP contribution in [0.1, 0.15) is 50.5 Å². The molecule has 5 aromatic rings. The van der Waals surface area contributed by atoms with Crippen LogP contribution < -0.4 is 16.0 Å². The van der Waals surface area contributed by atoms with Crippen LogP contribution in [0, 0.1) is 5.92 Å². The van der Waals surface area contributed by atoms with Crippen molar-refractivity contribution in [2.45, 2.75) is 46.2 Å². The molecule has 3 amide bonds. The molecule has 3 atom stereocenters. The molecule has 226 valence electrons. The van der Waals surface area contributed by atoms with Gasteiger partial charge in [0.25, 0.3) is 5.91 Å². The molecule has 0 spiro atoms. The first-order chi connectivity index (χ1) is 21.2. The SMILES string of the molecule is C/C=C1/NC(=O)[C@H](C)NC(=O)[C@@H]([C@@H](C)CC)NC(=O)c2coc(n2)-c2coc(n2)-c2coc(n2)-c2coc(n2)-c2coc1n2. The fourth-order valence-corrected chi connectivity index (χ4v) is 4.24. The molecule has 5 aromatic heterocycles. The number of hydrogen-bond acceptors (Lipinski definition) is 13. The Morgan fingerprint density at radius 2 is 1.14 bits per heavy atom. The molecule has 1 aliphatic rings. The summed E-state index contributed by atoms with van der Waals surface area (Å²) in [5.41, 5.74) is 1.13. The molecular formula is C28H26N8O8. The summed E-state index contributed by atoms with van der Waals surface area (Å²) in [6, 6.07) is -1.96. The molecule has 10 bridgehead atoms. The molecule has 0 saturated carbocycles. The molecule has 16 nitrogen and oxygen atoms in total. The second-order valence-corrected chi connectivity index (χ2v) is 9.95. The smallest absolute Gasteiger partial charge is 0.273 e. The fraction of sp³-hybridized carbons (Fsp3) is 0.286. The van der Waals surface area contributed by atoms with Crippen molar-refractivity contribution in [2.75, 3.05) is 0 Å². The van der Waals surface area contributed by atoms with Crippen LogP contribution in [0.5, 0.6) is 0 Å². The number of carbonyl (C=O) groups is 3. The highest BCUT2D eigenvalue weighted by Gasteiger charge is 2.30. The van der Waals surface area contributed by atoms with E-state index < -0.39 is 29.8 Å². The van der Waals surface area contributed by atoms with Gasteiger partial charge in [0, 0.05) is 0 Å². The Morgan fingerprint density at radius 1 is 0.705 bits per heavy atom. The Labute approximate surface area is 248 Å². The van der Waals surface area contributed by atoms with Crippen LogP contribution in [0.2, 0.25) is 0 Å². The van der Waals surface area contributed by atoms with E-state index in [-0.39, 0.29) is 69.5 Å². The molecule has 0 aliphatic carbocycles. The molecule has 6 rings (SSSR count). The first-order valence-electron chi connectivity index (χ1n) is 13.6. The van der Waals surface area contributed by atoms with Crippen molar-refractivity contribution in [3.8, 4) is 46.3 Å². The van der Waals surface area contributed by atoms with Crippen molar-refractivity contribution >= 4 is 23.4 Å². The van der Waals surface area contributed by atoms with Crippen LogP contribution in [0.4, 0.5) is 0 Å². The van der Waals surface area contributed by atoms with E-state index in [1.807, 2.05) is 6.92 Å². The molecule has 0 saturated heterocycles. The average molecular weight is 603 g/mol. The molecule has 6 heterocycles. The normalized spacial score (nSPS) is 19.2. The lowest BCUT2D eigenvalue weighted by Crippen LogP contribution is -2.54. The summed E-state index contributed by atoms with van der Waals surface area (Å²) in [4.78, 5) is 61.1. The summed E-state index contributed by atoms with van der Waals surface area (Å²) in [5, 5.41) is 8.06. The van der Waals surface area contributed by atoms with E-state index in [9.17, 15) is 14.4 Å². The minimum absolute atomic E-state index is 0.00562. The zero-order valence-corrected chi connectivity index (χ0v) is 23.9. The number of oxazole rings is 5. The van der Waals surface area contributed by atoms with Gasteiger partial charge in [-0.25, -0.2) is 24.9 Å². The van der Waals surface area contributed by atoms with Crippen LogP contribution >= 0.6 is 0 Å². The summed E-state index contributed by atoms with van der Waals surface area (Å²) in [6.45, 7) is 6.88. The molecule has 16 heteroatoms. The largest absolute Gasteiger partial charge is 0.443 e. The van der Waals surface area contributed by atoms with Crippen molar-refractivity contribution in [3.05, 3.63) is 49.0 Å². The fourth-order valence-electron chi connectivity index (χ4n) is 4.24. The van der Waals surface area contributed by atoms with Crippen molar-refractivity contribution in [1.82, 2.24) is 40.9 Å². The van der Waals surface area contributed by atoms with Crippen LogP contribution in [-0.4, -0.2) is 54.7 Å². The number of hydrogen-bond donors (Lipinski definition) is 3. The van der Waals surface area contributed by atoms with E-state index in [1.54, 1.807) is 19.9 Å². The van der Waals surface area contributed by atoms with E-state index in [0.717, 1.165) is 6.26 Å². The Kier molecular flexibility index (Phi) is 7.38. The molecule has 1 aliphatic heterocycles. The zero-order valence-electron chi connectivity index (χ0n) is 23.9. The van der Waals surface area contributed by atoms with Gasteiger partial charge >= 0.3 is 0 Å². The number of allylic oxidation sites excluding steroid dienone is 1. The van der Waals surface area contributed by atoms with Gasteiger partial charge < -0.3 is 38.0 Å².